The second-order valence-electron chi connectivity index (χ2n) is 6.73. The van der Waals surface area contributed by atoms with Gasteiger partial charge in [0.2, 0.25) is 11.8 Å². The van der Waals surface area contributed by atoms with E-state index < -0.39 is 6.17 Å². The van der Waals surface area contributed by atoms with E-state index in [1.54, 1.807) is 17.8 Å². The van der Waals surface area contributed by atoms with Gasteiger partial charge >= 0.3 is 0 Å². The fourth-order valence-corrected chi connectivity index (χ4v) is 3.56. The van der Waals surface area contributed by atoms with Gasteiger partial charge in [0.15, 0.2) is 0 Å². The van der Waals surface area contributed by atoms with Crippen LogP contribution < -0.4 is 10.1 Å². The van der Waals surface area contributed by atoms with E-state index in [1.807, 2.05) is 30.6 Å². The zero-order valence-corrected chi connectivity index (χ0v) is 15.2. The molecule has 0 radical (unpaired) electrons. The molecule has 0 amide bonds. The number of nitrogens with zero attached hydrogens (tertiary/aromatic N) is 4. The molecule has 144 valence electrons. The Morgan fingerprint density at radius 3 is 3.14 bits per heavy atom. The molecule has 0 spiro atoms. The van der Waals surface area contributed by atoms with Crippen molar-refractivity contribution in [3.63, 3.8) is 0 Å². The summed E-state index contributed by atoms with van der Waals surface area (Å²) in [6.07, 6.45) is 5.00. The molecule has 4 aromatic heterocycles. The van der Waals surface area contributed by atoms with E-state index in [1.165, 1.54) is 0 Å². The van der Waals surface area contributed by atoms with Crippen molar-refractivity contribution in [2.45, 2.75) is 18.6 Å². The second-order valence-corrected chi connectivity index (χ2v) is 6.73. The molecule has 0 unspecified atom stereocenters. The number of aromatic nitrogens is 5. The number of rotatable bonds is 4. The SMILES string of the molecule is COc1nc(N[C@@H]2CCOC[C@H]2F)nc2[nH]cc(-c3ccn4nccc4c3)c12. The van der Waals surface area contributed by atoms with Crippen LogP contribution in [0.3, 0.4) is 0 Å². The van der Waals surface area contributed by atoms with E-state index in [4.69, 9.17) is 9.47 Å². The largest absolute Gasteiger partial charge is 0.480 e. The third-order valence-corrected chi connectivity index (χ3v) is 5.00. The highest BCUT2D eigenvalue weighted by Gasteiger charge is 2.26. The van der Waals surface area contributed by atoms with E-state index in [9.17, 15) is 4.39 Å². The van der Waals surface area contributed by atoms with Crippen LogP contribution in [-0.4, -0.2) is 57.1 Å². The lowest BCUT2D eigenvalue weighted by Crippen LogP contribution is -2.39. The predicted octanol–water partition coefficient (Wildman–Crippen LogP) is 2.82. The number of pyridine rings is 1. The molecule has 2 N–H and O–H groups in total. The number of H-pyrrole nitrogens is 1. The maximum atomic E-state index is 14.1. The molecule has 9 heteroatoms. The van der Waals surface area contributed by atoms with Gasteiger partial charge in [0.25, 0.3) is 0 Å². The van der Waals surface area contributed by atoms with E-state index in [2.05, 4.69) is 25.4 Å². The van der Waals surface area contributed by atoms with Gasteiger partial charge in [0, 0.05) is 30.8 Å². The third-order valence-electron chi connectivity index (χ3n) is 5.00. The quantitative estimate of drug-likeness (QED) is 0.564. The van der Waals surface area contributed by atoms with E-state index >= 15 is 0 Å². The van der Waals surface area contributed by atoms with E-state index in [0.29, 0.717) is 30.5 Å². The van der Waals surface area contributed by atoms with Crippen molar-refractivity contribution in [2.24, 2.45) is 0 Å². The molecule has 4 aromatic rings. The van der Waals surface area contributed by atoms with Gasteiger partial charge < -0.3 is 19.8 Å². The summed E-state index contributed by atoms with van der Waals surface area (Å²) in [5.41, 5.74) is 3.53. The summed E-state index contributed by atoms with van der Waals surface area (Å²) >= 11 is 0. The lowest BCUT2D eigenvalue weighted by atomic mass is 10.1. The molecule has 1 aliphatic rings. The molecule has 0 bridgehead atoms. The predicted molar refractivity (Wildman–Crippen MR) is 102 cm³/mol. The summed E-state index contributed by atoms with van der Waals surface area (Å²) in [4.78, 5) is 12.2. The molecule has 1 aliphatic heterocycles. The van der Waals surface area contributed by atoms with Crippen molar-refractivity contribution < 1.29 is 13.9 Å². The highest BCUT2D eigenvalue weighted by molar-refractivity contribution is 5.98. The van der Waals surface area contributed by atoms with Gasteiger partial charge in [-0.05, 0) is 30.2 Å². The van der Waals surface area contributed by atoms with Crippen molar-refractivity contribution in [1.82, 2.24) is 24.6 Å². The van der Waals surface area contributed by atoms with Crippen LogP contribution in [0.4, 0.5) is 10.3 Å². The van der Waals surface area contributed by atoms with Crippen molar-refractivity contribution >= 4 is 22.5 Å². The highest BCUT2D eigenvalue weighted by atomic mass is 19.1. The number of nitrogens with one attached hydrogen (secondary N) is 2. The topological polar surface area (TPSA) is 89.4 Å². The molecule has 5 heterocycles. The molecular weight excluding hydrogens is 363 g/mol. The number of methoxy groups -OCH3 is 1. The van der Waals surface area contributed by atoms with E-state index in [-0.39, 0.29) is 12.6 Å². The molecule has 5 rings (SSSR count). The van der Waals surface area contributed by atoms with Gasteiger partial charge in [-0.1, -0.05) is 0 Å². The number of ether oxygens (including phenoxy) is 2. The van der Waals surface area contributed by atoms with Gasteiger partial charge in [0.05, 0.1) is 30.7 Å². The maximum absolute atomic E-state index is 14.1. The minimum atomic E-state index is -1.10. The van der Waals surface area contributed by atoms with Crippen LogP contribution in [0.5, 0.6) is 5.88 Å². The molecule has 28 heavy (non-hydrogen) atoms. The molecule has 1 saturated heterocycles. The lowest BCUT2D eigenvalue weighted by Gasteiger charge is -2.26. The van der Waals surface area contributed by atoms with Crippen LogP contribution in [-0.2, 0) is 4.74 Å². The van der Waals surface area contributed by atoms with Gasteiger partial charge in [-0.3, -0.25) is 0 Å². The first-order valence-electron chi connectivity index (χ1n) is 9.08. The standard InChI is InChI=1S/C19H19FN6O2/c1-27-18-16-13(11-3-6-26-12(8-11)2-5-22-26)9-21-17(16)24-19(25-18)23-15-4-7-28-10-14(15)20/h2-3,5-6,8-9,14-15H,4,7,10H2,1H3,(H2,21,23,24,25)/t14-,15-/m1/s1. The number of aromatic amines is 1. The van der Waals surface area contributed by atoms with Crippen LogP contribution in [0.15, 0.2) is 36.8 Å². The smallest absolute Gasteiger partial charge is 0.228 e. The summed E-state index contributed by atoms with van der Waals surface area (Å²) in [5.74, 6) is 0.762. The first-order chi connectivity index (χ1) is 13.7. The summed E-state index contributed by atoms with van der Waals surface area (Å²) in [5, 5.41) is 8.08. The molecule has 2 atom stereocenters. The van der Waals surface area contributed by atoms with Crippen LogP contribution in [0.2, 0.25) is 0 Å². The van der Waals surface area contributed by atoms with Gasteiger partial charge in [0.1, 0.15) is 11.8 Å². The van der Waals surface area contributed by atoms with Crippen molar-refractivity contribution in [2.75, 3.05) is 25.6 Å². The molecule has 1 fully saturated rings. The van der Waals surface area contributed by atoms with Crippen LogP contribution in [0.1, 0.15) is 6.42 Å². The van der Waals surface area contributed by atoms with Crippen LogP contribution >= 0.6 is 0 Å². The number of alkyl halides is 1. The summed E-state index contributed by atoms with van der Waals surface area (Å²) < 4.78 is 26.5. The number of hydrogen-bond acceptors (Lipinski definition) is 6. The fraction of sp³-hybridized carbons (Fsp3) is 0.316. The Bertz CT molecular complexity index is 1140. The van der Waals surface area contributed by atoms with Crippen molar-refractivity contribution in [1.29, 1.82) is 0 Å². The Morgan fingerprint density at radius 2 is 2.29 bits per heavy atom. The van der Waals surface area contributed by atoms with Gasteiger partial charge in [-0.25, -0.2) is 8.91 Å². The number of anilines is 1. The Hall–Kier alpha value is -3.20. The minimum absolute atomic E-state index is 0.0841. The molecule has 0 saturated carbocycles. The Kier molecular flexibility index (Phi) is 4.09. The van der Waals surface area contributed by atoms with Crippen molar-refractivity contribution in [3.05, 3.63) is 36.8 Å². The monoisotopic (exact) mass is 382 g/mol. The van der Waals surface area contributed by atoms with Gasteiger partial charge in [-0.2, -0.15) is 15.1 Å². The Labute approximate surface area is 159 Å². The van der Waals surface area contributed by atoms with Crippen LogP contribution in [0, 0.1) is 0 Å². The fourth-order valence-electron chi connectivity index (χ4n) is 3.56. The normalized spacial score (nSPS) is 19.9. The zero-order valence-electron chi connectivity index (χ0n) is 15.2. The third kappa shape index (κ3) is 2.84. The molecule has 0 aromatic carbocycles. The minimum Gasteiger partial charge on any atom is -0.480 e. The molecular formula is C19H19FN6O2. The number of hydrogen-bond donors (Lipinski definition) is 2. The average Bonchev–Trinajstić information content (AvgIpc) is 3.35. The zero-order chi connectivity index (χ0) is 19.1. The maximum Gasteiger partial charge on any atom is 0.228 e. The summed E-state index contributed by atoms with van der Waals surface area (Å²) in [6, 6.07) is 5.57. The first-order valence-corrected chi connectivity index (χ1v) is 9.08. The van der Waals surface area contributed by atoms with E-state index in [0.717, 1.165) is 22.0 Å². The average molecular weight is 382 g/mol. The van der Waals surface area contributed by atoms with Crippen LogP contribution in [0.25, 0.3) is 27.7 Å². The summed E-state index contributed by atoms with van der Waals surface area (Å²) in [7, 11) is 1.56. The number of halogens is 1. The molecule has 0 aliphatic carbocycles. The number of fused-ring (bicyclic) bond motifs is 2. The van der Waals surface area contributed by atoms with Gasteiger partial charge in [-0.15, -0.1) is 0 Å². The van der Waals surface area contributed by atoms with Crippen molar-refractivity contribution in [3.8, 4) is 17.0 Å². The highest BCUT2D eigenvalue weighted by Crippen LogP contribution is 2.34. The Balaban J connectivity index is 1.55. The summed E-state index contributed by atoms with van der Waals surface area (Å²) in [6.45, 7) is 0.599. The first kappa shape index (κ1) is 16.9. The molecule has 8 nitrogen and oxygen atoms in total. The Morgan fingerprint density at radius 1 is 1.36 bits per heavy atom. The second kappa shape index (κ2) is 6.75. The lowest BCUT2D eigenvalue weighted by molar-refractivity contribution is 0.0284.